The van der Waals surface area contributed by atoms with Gasteiger partial charge in [-0.25, -0.2) is 13.4 Å². The van der Waals surface area contributed by atoms with Crippen LogP contribution in [-0.4, -0.2) is 42.4 Å². The molecular formula is C24H36N4O5S. The Balaban J connectivity index is 1.66. The second kappa shape index (κ2) is 12.8. The molecule has 2 aromatic heterocycles. The fraction of sp³-hybridized carbons (Fsp3) is 0.667. The molecule has 1 fully saturated rings. The maximum absolute atomic E-state index is 12.4. The van der Waals surface area contributed by atoms with Crippen LogP contribution >= 0.6 is 0 Å². The van der Waals surface area contributed by atoms with Crippen LogP contribution in [0.5, 0.6) is 0 Å². The van der Waals surface area contributed by atoms with Crippen molar-refractivity contribution in [2.45, 2.75) is 83.5 Å². The number of carbonyl (C=O) groups is 1. The average Bonchev–Trinajstić information content (AvgIpc) is 3.29. The van der Waals surface area contributed by atoms with Gasteiger partial charge in [-0.05, 0) is 30.9 Å². The molecule has 0 spiro atoms. The number of ether oxygens (including phenoxy) is 1. The Bertz CT molecular complexity index is 1000. The summed E-state index contributed by atoms with van der Waals surface area (Å²) >= 11 is 0. The predicted molar refractivity (Wildman–Crippen MR) is 130 cm³/mol. The van der Waals surface area contributed by atoms with Gasteiger partial charge < -0.3 is 9.26 Å². The number of carbonyl (C=O) groups excluding carboxylic acids is 1. The van der Waals surface area contributed by atoms with Crippen LogP contribution in [0.15, 0.2) is 22.9 Å². The fourth-order valence-electron chi connectivity index (χ4n) is 4.33. The van der Waals surface area contributed by atoms with Crippen LogP contribution in [0.1, 0.15) is 89.4 Å². The van der Waals surface area contributed by atoms with E-state index in [1.165, 1.54) is 38.3 Å². The second-order valence-electron chi connectivity index (χ2n) is 9.17. The Morgan fingerprint density at radius 2 is 2.03 bits per heavy atom. The van der Waals surface area contributed by atoms with Crippen molar-refractivity contribution >= 4 is 21.8 Å². The van der Waals surface area contributed by atoms with Gasteiger partial charge in [0, 0.05) is 17.7 Å². The minimum Gasteiger partial charge on any atom is -0.466 e. The highest BCUT2D eigenvalue weighted by Crippen LogP contribution is 2.32. The van der Waals surface area contributed by atoms with Crippen molar-refractivity contribution in [1.29, 1.82) is 0 Å². The Labute approximate surface area is 202 Å². The summed E-state index contributed by atoms with van der Waals surface area (Å²) in [5.41, 5.74) is 0.598. The average molecular weight is 493 g/mol. The van der Waals surface area contributed by atoms with Gasteiger partial charge >= 0.3 is 5.97 Å². The van der Waals surface area contributed by atoms with E-state index in [4.69, 9.17) is 9.26 Å². The first-order valence-electron chi connectivity index (χ1n) is 12.3. The van der Waals surface area contributed by atoms with Crippen LogP contribution in [0.2, 0.25) is 0 Å². The summed E-state index contributed by atoms with van der Waals surface area (Å²) < 4.78 is 36.0. The molecule has 34 heavy (non-hydrogen) atoms. The molecule has 2 heterocycles. The van der Waals surface area contributed by atoms with Gasteiger partial charge in [0.2, 0.25) is 21.7 Å². The number of rotatable bonds is 13. The van der Waals surface area contributed by atoms with E-state index in [-0.39, 0.29) is 24.1 Å². The largest absolute Gasteiger partial charge is 0.466 e. The van der Waals surface area contributed by atoms with Gasteiger partial charge in [-0.15, -0.1) is 0 Å². The van der Waals surface area contributed by atoms with E-state index in [2.05, 4.69) is 26.8 Å². The minimum atomic E-state index is -3.41. The molecule has 2 aromatic rings. The van der Waals surface area contributed by atoms with Gasteiger partial charge in [0.15, 0.2) is 0 Å². The van der Waals surface area contributed by atoms with Crippen LogP contribution in [0.3, 0.4) is 0 Å². The molecular weight excluding hydrogens is 456 g/mol. The lowest BCUT2D eigenvalue weighted by Crippen LogP contribution is -2.13. The molecule has 188 valence electrons. The standard InChI is InChI=1S/C24H36N4O5S/c1-3-4-15-32-22(29)16-19(12-8-11-18-9-6-5-7-10-18)24-26-23(27-33-24)20-13-14-21(25-17-20)28-34(2,30)31/h13-14,17-19H,3-12,15-16H2,1-2H3,(H,25,28). The van der Waals surface area contributed by atoms with Crippen molar-refractivity contribution in [1.82, 2.24) is 15.1 Å². The van der Waals surface area contributed by atoms with Gasteiger partial charge in [0.05, 0.1) is 19.3 Å². The molecule has 0 saturated heterocycles. The Hall–Kier alpha value is -2.49. The Morgan fingerprint density at radius 1 is 1.24 bits per heavy atom. The smallest absolute Gasteiger partial charge is 0.306 e. The van der Waals surface area contributed by atoms with E-state index in [0.717, 1.165) is 44.3 Å². The van der Waals surface area contributed by atoms with Crippen molar-refractivity contribution in [2.24, 2.45) is 5.92 Å². The van der Waals surface area contributed by atoms with Gasteiger partial charge in [0.25, 0.3) is 0 Å². The third kappa shape index (κ3) is 8.70. The number of hydrogen-bond donors (Lipinski definition) is 1. The van der Waals surface area contributed by atoms with E-state index < -0.39 is 10.0 Å². The summed E-state index contributed by atoms with van der Waals surface area (Å²) in [6.45, 7) is 2.49. The number of pyridine rings is 1. The summed E-state index contributed by atoms with van der Waals surface area (Å²) in [4.78, 5) is 21.1. The maximum Gasteiger partial charge on any atom is 0.306 e. The van der Waals surface area contributed by atoms with E-state index in [1.807, 2.05) is 0 Å². The highest BCUT2D eigenvalue weighted by Gasteiger charge is 2.24. The molecule has 1 N–H and O–H groups in total. The number of esters is 1. The second-order valence-corrected chi connectivity index (χ2v) is 10.9. The lowest BCUT2D eigenvalue weighted by atomic mass is 9.84. The van der Waals surface area contributed by atoms with E-state index in [9.17, 15) is 13.2 Å². The van der Waals surface area contributed by atoms with Gasteiger partial charge in [-0.1, -0.05) is 63.4 Å². The molecule has 1 aliphatic carbocycles. The zero-order valence-electron chi connectivity index (χ0n) is 20.2. The zero-order valence-corrected chi connectivity index (χ0v) is 21.0. The Morgan fingerprint density at radius 3 is 2.71 bits per heavy atom. The van der Waals surface area contributed by atoms with Crippen LogP contribution < -0.4 is 4.72 Å². The lowest BCUT2D eigenvalue weighted by molar-refractivity contribution is -0.144. The van der Waals surface area contributed by atoms with Crippen molar-refractivity contribution in [3.63, 3.8) is 0 Å². The van der Waals surface area contributed by atoms with E-state index >= 15 is 0 Å². The van der Waals surface area contributed by atoms with Gasteiger partial charge in [-0.2, -0.15) is 4.98 Å². The molecule has 9 nitrogen and oxygen atoms in total. The summed E-state index contributed by atoms with van der Waals surface area (Å²) in [6, 6.07) is 3.21. The van der Waals surface area contributed by atoms with E-state index in [1.54, 1.807) is 12.1 Å². The number of nitrogens with zero attached hydrogens (tertiary/aromatic N) is 3. The predicted octanol–water partition coefficient (Wildman–Crippen LogP) is 5.07. The Kier molecular flexibility index (Phi) is 9.86. The number of sulfonamides is 1. The third-order valence-corrected chi connectivity index (χ3v) is 6.75. The van der Waals surface area contributed by atoms with Gasteiger partial charge in [-0.3, -0.25) is 9.52 Å². The maximum atomic E-state index is 12.4. The van der Waals surface area contributed by atoms with Crippen molar-refractivity contribution < 1.29 is 22.5 Å². The molecule has 0 bridgehead atoms. The van der Waals surface area contributed by atoms with Gasteiger partial charge in [0.1, 0.15) is 5.82 Å². The quantitative estimate of drug-likeness (QED) is 0.303. The molecule has 10 heteroatoms. The number of anilines is 1. The first-order chi connectivity index (χ1) is 16.3. The zero-order chi connectivity index (χ0) is 24.4. The molecule has 3 rings (SSSR count). The fourth-order valence-corrected chi connectivity index (χ4v) is 4.83. The lowest BCUT2D eigenvalue weighted by Gasteiger charge is -2.22. The molecule has 1 aliphatic rings. The number of hydrogen-bond acceptors (Lipinski definition) is 8. The molecule has 1 saturated carbocycles. The first kappa shape index (κ1) is 26.1. The van der Waals surface area contributed by atoms with Crippen LogP contribution in [-0.2, 0) is 19.6 Å². The molecule has 0 aromatic carbocycles. The normalized spacial score (nSPS) is 15.7. The minimum absolute atomic E-state index is 0.196. The van der Waals surface area contributed by atoms with Crippen molar-refractivity contribution in [3.8, 4) is 11.4 Å². The number of nitrogens with one attached hydrogen (secondary N) is 1. The molecule has 0 aliphatic heterocycles. The summed E-state index contributed by atoms with van der Waals surface area (Å²) in [5.74, 6) is 1.32. The third-order valence-electron chi connectivity index (χ3n) is 6.17. The highest BCUT2D eigenvalue weighted by atomic mass is 32.2. The summed E-state index contributed by atoms with van der Waals surface area (Å²) in [7, 11) is -3.41. The molecule has 1 unspecified atom stereocenters. The van der Waals surface area contributed by atoms with Crippen LogP contribution in [0.25, 0.3) is 11.4 Å². The monoisotopic (exact) mass is 492 g/mol. The van der Waals surface area contributed by atoms with E-state index in [0.29, 0.717) is 23.9 Å². The number of aromatic nitrogens is 3. The summed E-state index contributed by atoms with van der Waals surface area (Å²) in [5, 5.41) is 4.08. The molecule has 0 radical (unpaired) electrons. The first-order valence-corrected chi connectivity index (χ1v) is 14.2. The summed E-state index contributed by atoms with van der Waals surface area (Å²) in [6.07, 6.45) is 14.1. The molecule has 1 atom stereocenters. The number of unbranched alkanes of at least 4 members (excludes halogenated alkanes) is 1. The van der Waals surface area contributed by atoms with Crippen molar-refractivity contribution in [2.75, 3.05) is 17.6 Å². The van der Waals surface area contributed by atoms with Crippen molar-refractivity contribution in [3.05, 3.63) is 24.2 Å². The van der Waals surface area contributed by atoms with Crippen LogP contribution in [0, 0.1) is 5.92 Å². The topological polar surface area (TPSA) is 124 Å². The highest BCUT2D eigenvalue weighted by molar-refractivity contribution is 7.92. The molecule has 0 amide bonds. The SMILES string of the molecule is CCCCOC(=O)CC(CCCC1CCCCC1)c1nc(-c2ccc(NS(C)(=O)=O)nc2)no1. The van der Waals surface area contributed by atoms with Crippen LogP contribution in [0.4, 0.5) is 5.82 Å².